The molecule has 2 aromatic heterocycles. The molecule has 3 rings (SSSR count). The van der Waals surface area contributed by atoms with Gasteiger partial charge in [0.15, 0.2) is 0 Å². The Bertz CT molecular complexity index is 798. The number of fused-ring (bicyclic) bond motifs is 1. The fourth-order valence-electron chi connectivity index (χ4n) is 2.09. The Morgan fingerprint density at radius 2 is 1.95 bits per heavy atom. The fourth-order valence-corrected chi connectivity index (χ4v) is 3.06. The number of rotatable bonds is 2. The van der Waals surface area contributed by atoms with Crippen LogP contribution in [0.5, 0.6) is 11.6 Å². The summed E-state index contributed by atoms with van der Waals surface area (Å²) >= 11 is 7.47. The van der Waals surface area contributed by atoms with E-state index in [1.807, 2.05) is 31.4 Å². The Labute approximate surface area is 126 Å². The Hall–Kier alpha value is -1.65. The monoisotopic (exact) mass is 304 g/mol. The van der Waals surface area contributed by atoms with Crippen molar-refractivity contribution in [2.75, 3.05) is 0 Å². The number of benzene rings is 1. The van der Waals surface area contributed by atoms with Crippen molar-refractivity contribution in [2.24, 2.45) is 0 Å². The Kier molecular flexibility index (Phi) is 3.36. The zero-order valence-electron chi connectivity index (χ0n) is 11.4. The summed E-state index contributed by atoms with van der Waals surface area (Å²) in [7, 11) is 0. The van der Waals surface area contributed by atoms with E-state index in [1.54, 1.807) is 0 Å². The van der Waals surface area contributed by atoms with Gasteiger partial charge in [-0.3, -0.25) is 0 Å². The Morgan fingerprint density at radius 1 is 1.15 bits per heavy atom. The minimum atomic E-state index is 0.206. The van der Waals surface area contributed by atoms with Crippen molar-refractivity contribution in [3.63, 3.8) is 0 Å². The molecule has 0 aliphatic rings. The molecule has 0 bridgehead atoms. The van der Waals surface area contributed by atoms with Gasteiger partial charge in [-0.15, -0.1) is 11.3 Å². The van der Waals surface area contributed by atoms with Crippen LogP contribution in [0, 0.1) is 20.8 Å². The highest BCUT2D eigenvalue weighted by atomic mass is 35.5. The minimum Gasteiger partial charge on any atom is -0.438 e. The second-order valence-electron chi connectivity index (χ2n) is 4.74. The van der Waals surface area contributed by atoms with Crippen LogP contribution in [0.25, 0.3) is 10.2 Å². The maximum Gasteiger partial charge on any atom is 0.232 e. The van der Waals surface area contributed by atoms with Gasteiger partial charge in [0, 0.05) is 0 Å². The maximum atomic E-state index is 5.99. The molecule has 0 spiro atoms. The highest BCUT2D eigenvalue weighted by Gasteiger charge is 2.12. The van der Waals surface area contributed by atoms with E-state index in [0.717, 1.165) is 27.1 Å². The van der Waals surface area contributed by atoms with Crippen LogP contribution in [0.2, 0.25) is 5.28 Å². The van der Waals surface area contributed by atoms with Crippen molar-refractivity contribution >= 4 is 33.2 Å². The molecule has 0 N–H and O–H groups in total. The van der Waals surface area contributed by atoms with Crippen molar-refractivity contribution < 1.29 is 4.74 Å². The van der Waals surface area contributed by atoms with E-state index < -0.39 is 0 Å². The van der Waals surface area contributed by atoms with Gasteiger partial charge in [-0.05, 0) is 66.6 Å². The van der Waals surface area contributed by atoms with Gasteiger partial charge >= 0.3 is 0 Å². The topological polar surface area (TPSA) is 35.0 Å². The molecule has 1 aromatic carbocycles. The van der Waals surface area contributed by atoms with Gasteiger partial charge in [-0.1, -0.05) is 6.07 Å². The van der Waals surface area contributed by atoms with Gasteiger partial charge in [0.1, 0.15) is 10.6 Å². The number of ether oxygens (including phenoxy) is 1. The van der Waals surface area contributed by atoms with Crippen LogP contribution >= 0.6 is 22.9 Å². The third-order valence-corrected chi connectivity index (χ3v) is 4.21. The molecule has 5 heteroatoms. The van der Waals surface area contributed by atoms with Gasteiger partial charge in [-0.2, -0.15) is 4.98 Å². The molecule has 0 radical (unpaired) electrons. The molecule has 0 aliphatic carbocycles. The molecule has 3 aromatic rings. The summed E-state index contributed by atoms with van der Waals surface area (Å²) < 4.78 is 5.99. The average molecular weight is 305 g/mol. The third-order valence-electron chi connectivity index (χ3n) is 3.23. The largest absolute Gasteiger partial charge is 0.438 e. The van der Waals surface area contributed by atoms with E-state index in [-0.39, 0.29) is 5.28 Å². The first-order chi connectivity index (χ1) is 9.54. The van der Waals surface area contributed by atoms with Crippen molar-refractivity contribution in [1.82, 2.24) is 9.97 Å². The van der Waals surface area contributed by atoms with Crippen LogP contribution in [0.15, 0.2) is 23.6 Å². The molecule has 0 atom stereocenters. The highest BCUT2D eigenvalue weighted by molar-refractivity contribution is 7.16. The smallest absolute Gasteiger partial charge is 0.232 e. The average Bonchev–Trinajstić information content (AvgIpc) is 2.83. The molecule has 0 amide bonds. The number of nitrogens with zero attached hydrogens (tertiary/aromatic N) is 2. The lowest BCUT2D eigenvalue weighted by Crippen LogP contribution is -1.95. The van der Waals surface area contributed by atoms with Gasteiger partial charge < -0.3 is 4.74 Å². The van der Waals surface area contributed by atoms with Crippen LogP contribution in [0.4, 0.5) is 0 Å². The Balaban J connectivity index is 2.12. The lowest BCUT2D eigenvalue weighted by molar-refractivity contribution is 0.464. The summed E-state index contributed by atoms with van der Waals surface area (Å²) in [6.07, 6.45) is 0. The predicted octanol–water partition coefficient (Wildman–Crippen LogP) is 5.06. The van der Waals surface area contributed by atoms with Crippen molar-refractivity contribution in [3.05, 3.63) is 45.6 Å². The molecular formula is C15H13ClN2OS. The molecule has 0 saturated carbocycles. The van der Waals surface area contributed by atoms with E-state index in [4.69, 9.17) is 16.3 Å². The lowest BCUT2D eigenvalue weighted by atomic mass is 10.1. The molecule has 0 aliphatic heterocycles. The minimum absolute atomic E-state index is 0.206. The quantitative estimate of drug-likeness (QED) is 0.620. The van der Waals surface area contributed by atoms with E-state index in [2.05, 4.69) is 23.0 Å². The SMILES string of the molecule is Cc1cc(C)c(C)c(Oc2nc(Cl)nc3sccc23)c1. The van der Waals surface area contributed by atoms with Gasteiger partial charge in [0.2, 0.25) is 11.2 Å². The number of aryl methyl sites for hydroxylation is 2. The fraction of sp³-hybridized carbons (Fsp3) is 0.200. The zero-order chi connectivity index (χ0) is 14.3. The number of hydrogen-bond donors (Lipinski definition) is 0. The normalized spacial score (nSPS) is 11.0. The Morgan fingerprint density at radius 3 is 2.75 bits per heavy atom. The van der Waals surface area contributed by atoms with Crippen LogP contribution in [0.1, 0.15) is 16.7 Å². The van der Waals surface area contributed by atoms with Crippen molar-refractivity contribution in [1.29, 1.82) is 0 Å². The third kappa shape index (κ3) is 2.37. The number of halogens is 1. The summed E-state index contributed by atoms with van der Waals surface area (Å²) in [5.41, 5.74) is 3.46. The number of hydrogen-bond acceptors (Lipinski definition) is 4. The van der Waals surface area contributed by atoms with Crippen LogP contribution < -0.4 is 4.74 Å². The second kappa shape index (κ2) is 5.04. The van der Waals surface area contributed by atoms with Gasteiger partial charge in [0.05, 0.1) is 5.39 Å². The zero-order valence-corrected chi connectivity index (χ0v) is 13.0. The van der Waals surface area contributed by atoms with Crippen LogP contribution in [-0.4, -0.2) is 9.97 Å². The summed E-state index contributed by atoms with van der Waals surface area (Å²) in [6.45, 7) is 6.16. The van der Waals surface area contributed by atoms with Gasteiger partial charge in [0.25, 0.3) is 0 Å². The first-order valence-corrected chi connectivity index (χ1v) is 7.47. The molecule has 3 nitrogen and oxygen atoms in total. The second-order valence-corrected chi connectivity index (χ2v) is 5.98. The molecule has 0 fully saturated rings. The highest BCUT2D eigenvalue weighted by Crippen LogP contribution is 2.33. The molecular weight excluding hydrogens is 292 g/mol. The van der Waals surface area contributed by atoms with E-state index >= 15 is 0 Å². The summed E-state index contributed by atoms with van der Waals surface area (Å²) in [5, 5.41) is 3.05. The molecule has 0 saturated heterocycles. The maximum absolute atomic E-state index is 5.99. The van der Waals surface area contributed by atoms with Crippen LogP contribution in [0.3, 0.4) is 0 Å². The van der Waals surface area contributed by atoms with Crippen LogP contribution in [-0.2, 0) is 0 Å². The van der Waals surface area contributed by atoms with E-state index in [9.17, 15) is 0 Å². The molecule has 20 heavy (non-hydrogen) atoms. The van der Waals surface area contributed by atoms with Gasteiger partial charge in [-0.25, -0.2) is 4.98 Å². The molecule has 0 unspecified atom stereocenters. The molecule has 102 valence electrons. The van der Waals surface area contributed by atoms with Crippen molar-refractivity contribution in [2.45, 2.75) is 20.8 Å². The van der Waals surface area contributed by atoms with E-state index in [1.165, 1.54) is 16.9 Å². The first-order valence-electron chi connectivity index (χ1n) is 6.21. The first kappa shape index (κ1) is 13.3. The van der Waals surface area contributed by atoms with E-state index in [0.29, 0.717) is 5.88 Å². The molecule has 2 heterocycles. The standard InChI is InChI=1S/C15H13ClN2OS/c1-8-6-9(2)10(3)12(7-8)19-13-11-4-5-20-14(11)18-15(16)17-13/h4-7H,1-3H3. The number of aromatic nitrogens is 2. The lowest BCUT2D eigenvalue weighted by Gasteiger charge is -2.12. The van der Waals surface area contributed by atoms with Crippen molar-refractivity contribution in [3.8, 4) is 11.6 Å². The number of thiophene rings is 1. The predicted molar refractivity (Wildman–Crippen MR) is 83.2 cm³/mol. The summed E-state index contributed by atoms with van der Waals surface area (Å²) in [5.74, 6) is 1.32. The summed E-state index contributed by atoms with van der Waals surface area (Å²) in [6, 6.07) is 6.09. The summed E-state index contributed by atoms with van der Waals surface area (Å²) in [4.78, 5) is 9.23.